The van der Waals surface area contributed by atoms with Crippen molar-refractivity contribution in [1.82, 2.24) is 5.32 Å². The average Bonchev–Trinajstić information content (AvgIpc) is 2.70. The fourth-order valence-corrected chi connectivity index (χ4v) is 2.34. The zero-order valence-corrected chi connectivity index (χ0v) is 10.4. The van der Waals surface area contributed by atoms with Gasteiger partial charge >= 0.3 is 0 Å². The largest absolute Gasteiger partial charge is 0.349 e. The molecule has 0 heterocycles. The summed E-state index contributed by atoms with van der Waals surface area (Å²) in [6.07, 6.45) is 4.30. The van der Waals surface area contributed by atoms with Gasteiger partial charge < -0.3 is 5.32 Å². The van der Waals surface area contributed by atoms with Gasteiger partial charge in [0.25, 0.3) is 5.91 Å². The van der Waals surface area contributed by atoms with Crippen molar-refractivity contribution in [3.05, 3.63) is 34.1 Å². The molecule has 2 nitrogen and oxygen atoms in total. The van der Waals surface area contributed by atoms with Crippen LogP contribution in [0, 0.1) is 5.82 Å². The third-order valence-electron chi connectivity index (χ3n) is 2.87. The van der Waals surface area contributed by atoms with Crippen molar-refractivity contribution in [2.75, 3.05) is 0 Å². The number of carbonyl (C=O) groups is 1. The Hall–Kier alpha value is -0.900. The van der Waals surface area contributed by atoms with E-state index in [4.69, 9.17) is 0 Å². The number of hydrogen-bond donors (Lipinski definition) is 1. The number of amides is 1. The Morgan fingerprint density at radius 2 is 2.06 bits per heavy atom. The zero-order chi connectivity index (χ0) is 11.5. The van der Waals surface area contributed by atoms with Gasteiger partial charge in [0, 0.05) is 10.5 Å². The van der Waals surface area contributed by atoms with Crippen molar-refractivity contribution in [1.29, 1.82) is 0 Å². The van der Waals surface area contributed by atoms with Crippen LogP contribution in [0.5, 0.6) is 0 Å². The summed E-state index contributed by atoms with van der Waals surface area (Å²) < 4.78 is 14.1. The first kappa shape index (κ1) is 11.6. The minimum Gasteiger partial charge on any atom is -0.349 e. The van der Waals surface area contributed by atoms with Gasteiger partial charge in [-0.3, -0.25) is 4.79 Å². The number of halogens is 2. The SMILES string of the molecule is O=C(NC1CCCC1)c1ccc(Br)cc1F. The smallest absolute Gasteiger partial charge is 0.254 e. The lowest BCUT2D eigenvalue weighted by Gasteiger charge is -2.12. The molecule has 1 saturated carbocycles. The van der Waals surface area contributed by atoms with Crippen LogP contribution in [0.4, 0.5) is 4.39 Å². The van der Waals surface area contributed by atoms with E-state index in [0.717, 1.165) is 25.7 Å². The molecule has 1 fully saturated rings. The van der Waals surface area contributed by atoms with Crippen LogP contribution in [0.1, 0.15) is 36.0 Å². The second kappa shape index (κ2) is 4.95. The minimum atomic E-state index is -0.482. The van der Waals surface area contributed by atoms with Crippen molar-refractivity contribution in [2.24, 2.45) is 0 Å². The number of hydrogen-bond acceptors (Lipinski definition) is 1. The van der Waals surface area contributed by atoms with Crippen molar-refractivity contribution in [2.45, 2.75) is 31.7 Å². The lowest BCUT2D eigenvalue weighted by molar-refractivity contribution is 0.0934. The van der Waals surface area contributed by atoms with E-state index in [2.05, 4.69) is 21.2 Å². The third kappa shape index (κ3) is 2.61. The number of nitrogens with one attached hydrogen (secondary N) is 1. The molecule has 1 aromatic carbocycles. The molecule has 0 spiro atoms. The molecule has 0 aliphatic heterocycles. The van der Waals surface area contributed by atoms with Gasteiger partial charge in [-0.2, -0.15) is 0 Å². The highest BCUT2D eigenvalue weighted by atomic mass is 79.9. The second-order valence-electron chi connectivity index (χ2n) is 4.08. The maximum atomic E-state index is 13.5. The monoisotopic (exact) mass is 285 g/mol. The molecule has 1 aliphatic rings. The lowest BCUT2D eigenvalue weighted by atomic mass is 10.1. The molecule has 86 valence electrons. The van der Waals surface area contributed by atoms with Crippen LogP contribution in [0.2, 0.25) is 0 Å². The third-order valence-corrected chi connectivity index (χ3v) is 3.36. The van der Waals surface area contributed by atoms with Crippen LogP contribution in [-0.4, -0.2) is 11.9 Å². The van der Waals surface area contributed by atoms with Gasteiger partial charge in [-0.15, -0.1) is 0 Å². The highest BCUT2D eigenvalue weighted by Crippen LogP contribution is 2.19. The Kier molecular flexibility index (Phi) is 3.59. The Balaban J connectivity index is 2.08. The molecular formula is C12H13BrFNO. The summed E-state index contributed by atoms with van der Waals surface area (Å²) in [5, 5.41) is 2.86. The molecule has 0 aromatic heterocycles. The Morgan fingerprint density at radius 3 is 2.69 bits per heavy atom. The Morgan fingerprint density at radius 1 is 1.38 bits per heavy atom. The Labute approximate surface area is 102 Å². The van der Waals surface area contributed by atoms with Gasteiger partial charge in [-0.1, -0.05) is 28.8 Å². The van der Waals surface area contributed by atoms with E-state index in [9.17, 15) is 9.18 Å². The molecule has 0 unspecified atom stereocenters. The van der Waals surface area contributed by atoms with E-state index in [1.165, 1.54) is 12.1 Å². The van der Waals surface area contributed by atoms with Gasteiger partial charge in [0.05, 0.1) is 5.56 Å². The number of carbonyl (C=O) groups excluding carboxylic acids is 1. The predicted molar refractivity (Wildman–Crippen MR) is 63.8 cm³/mol. The van der Waals surface area contributed by atoms with Gasteiger partial charge in [0.2, 0.25) is 0 Å². The average molecular weight is 286 g/mol. The van der Waals surface area contributed by atoms with Crippen LogP contribution in [0.15, 0.2) is 22.7 Å². The number of rotatable bonds is 2. The van der Waals surface area contributed by atoms with E-state index in [1.807, 2.05) is 0 Å². The quantitative estimate of drug-likeness (QED) is 0.888. The maximum Gasteiger partial charge on any atom is 0.254 e. The molecule has 16 heavy (non-hydrogen) atoms. The fraction of sp³-hybridized carbons (Fsp3) is 0.417. The summed E-state index contributed by atoms with van der Waals surface area (Å²) in [6, 6.07) is 4.70. The second-order valence-corrected chi connectivity index (χ2v) is 4.99. The first-order valence-electron chi connectivity index (χ1n) is 5.43. The van der Waals surface area contributed by atoms with Crippen LogP contribution >= 0.6 is 15.9 Å². The van der Waals surface area contributed by atoms with Crippen molar-refractivity contribution in [3.8, 4) is 0 Å². The van der Waals surface area contributed by atoms with Gasteiger partial charge in [0.1, 0.15) is 5.82 Å². The highest BCUT2D eigenvalue weighted by Gasteiger charge is 2.19. The summed E-state index contributed by atoms with van der Waals surface area (Å²) in [6.45, 7) is 0. The lowest BCUT2D eigenvalue weighted by Crippen LogP contribution is -2.33. The molecule has 0 saturated heterocycles. The normalized spacial score (nSPS) is 16.4. The molecule has 0 radical (unpaired) electrons. The summed E-state index contributed by atoms with van der Waals surface area (Å²) in [4.78, 5) is 11.8. The molecule has 2 rings (SSSR count). The molecule has 1 aromatic rings. The molecule has 0 atom stereocenters. The van der Waals surface area contributed by atoms with Crippen molar-refractivity contribution >= 4 is 21.8 Å². The molecule has 1 aliphatic carbocycles. The van der Waals surface area contributed by atoms with Crippen LogP contribution < -0.4 is 5.32 Å². The zero-order valence-electron chi connectivity index (χ0n) is 8.80. The van der Waals surface area contributed by atoms with Crippen molar-refractivity contribution in [3.63, 3.8) is 0 Å². The predicted octanol–water partition coefficient (Wildman–Crippen LogP) is 3.26. The highest BCUT2D eigenvalue weighted by molar-refractivity contribution is 9.10. The molecule has 4 heteroatoms. The topological polar surface area (TPSA) is 29.1 Å². The van der Waals surface area contributed by atoms with Crippen molar-refractivity contribution < 1.29 is 9.18 Å². The number of benzene rings is 1. The summed E-state index contributed by atoms with van der Waals surface area (Å²) in [7, 11) is 0. The minimum absolute atomic E-state index is 0.120. The van der Waals surface area contributed by atoms with Gasteiger partial charge in [0.15, 0.2) is 0 Å². The first-order valence-corrected chi connectivity index (χ1v) is 6.22. The summed E-state index contributed by atoms with van der Waals surface area (Å²) >= 11 is 3.16. The fourth-order valence-electron chi connectivity index (χ4n) is 2.01. The maximum absolute atomic E-state index is 13.5. The summed E-state index contributed by atoms with van der Waals surface area (Å²) in [5.74, 6) is -0.790. The molecule has 1 N–H and O–H groups in total. The van der Waals surface area contributed by atoms with E-state index in [0.29, 0.717) is 4.47 Å². The van der Waals surface area contributed by atoms with Crippen LogP contribution in [-0.2, 0) is 0 Å². The Bertz CT molecular complexity index is 402. The van der Waals surface area contributed by atoms with Crippen LogP contribution in [0.25, 0.3) is 0 Å². The van der Waals surface area contributed by atoms with E-state index < -0.39 is 5.82 Å². The van der Waals surface area contributed by atoms with Crippen LogP contribution in [0.3, 0.4) is 0 Å². The molecule has 0 bridgehead atoms. The van der Waals surface area contributed by atoms with E-state index in [-0.39, 0.29) is 17.5 Å². The van der Waals surface area contributed by atoms with Gasteiger partial charge in [-0.25, -0.2) is 4.39 Å². The van der Waals surface area contributed by atoms with E-state index in [1.54, 1.807) is 6.07 Å². The van der Waals surface area contributed by atoms with Gasteiger partial charge in [-0.05, 0) is 31.0 Å². The summed E-state index contributed by atoms with van der Waals surface area (Å²) in [5.41, 5.74) is 0.120. The molecule has 1 amide bonds. The first-order chi connectivity index (χ1) is 7.66. The standard InChI is InChI=1S/C12H13BrFNO/c13-8-5-6-10(11(14)7-8)12(16)15-9-3-1-2-4-9/h5-7,9H,1-4H2,(H,15,16). The van der Waals surface area contributed by atoms with E-state index >= 15 is 0 Å². The molecular weight excluding hydrogens is 273 g/mol.